The van der Waals surface area contributed by atoms with Gasteiger partial charge < -0.3 is 10.2 Å². The molecule has 1 amide bonds. The van der Waals surface area contributed by atoms with Crippen LogP contribution in [0.2, 0.25) is 0 Å². The lowest BCUT2D eigenvalue weighted by molar-refractivity contribution is -0.120. The number of nitrogens with one attached hydrogen (secondary N) is 1. The van der Waals surface area contributed by atoms with E-state index >= 15 is 0 Å². The Kier molecular flexibility index (Phi) is 5.86. The van der Waals surface area contributed by atoms with Gasteiger partial charge in [0, 0.05) is 19.1 Å². The average molecular weight is 374 g/mol. The molecule has 0 spiro atoms. The average Bonchev–Trinajstić information content (AvgIpc) is 3.24. The van der Waals surface area contributed by atoms with Crippen LogP contribution >= 0.6 is 11.8 Å². The third-order valence-corrected chi connectivity index (χ3v) is 5.42. The van der Waals surface area contributed by atoms with Crippen molar-refractivity contribution in [3.63, 3.8) is 0 Å². The molecule has 1 fully saturated rings. The first kappa shape index (κ1) is 18.8. The molecule has 1 saturated heterocycles. The normalized spacial score (nSPS) is 15.5. The summed E-state index contributed by atoms with van der Waals surface area (Å²) in [4.78, 5) is 14.6. The fourth-order valence-corrected chi connectivity index (χ4v) is 3.87. The monoisotopic (exact) mass is 373 g/mol. The molecule has 0 bridgehead atoms. The van der Waals surface area contributed by atoms with Gasteiger partial charge in [0.2, 0.25) is 11.9 Å². The Morgan fingerprint density at radius 2 is 1.77 bits per heavy atom. The number of carbonyl (C=O) groups is 1. The number of aromatic nitrogens is 3. The number of aryl methyl sites for hydroxylation is 1. The molecule has 1 aromatic heterocycles. The zero-order valence-electron chi connectivity index (χ0n) is 15.9. The smallest absolute Gasteiger partial charge is 0.233 e. The van der Waals surface area contributed by atoms with Gasteiger partial charge in [-0.3, -0.25) is 9.36 Å². The minimum atomic E-state index is -0.239. The minimum absolute atomic E-state index is 0.0196. The van der Waals surface area contributed by atoms with E-state index in [1.807, 2.05) is 20.8 Å². The molecular weight excluding hydrogens is 346 g/mol. The van der Waals surface area contributed by atoms with E-state index in [2.05, 4.69) is 56.2 Å². The highest BCUT2D eigenvalue weighted by atomic mass is 32.2. The van der Waals surface area contributed by atoms with E-state index in [0.717, 1.165) is 29.9 Å². The number of hydrogen-bond donors (Lipinski definition) is 1. The van der Waals surface area contributed by atoms with Crippen molar-refractivity contribution in [2.75, 3.05) is 18.0 Å². The number of nitrogens with zero attached hydrogens (tertiary/aromatic N) is 4. The predicted molar refractivity (Wildman–Crippen MR) is 106 cm³/mol. The van der Waals surface area contributed by atoms with Gasteiger partial charge in [-0.25, -0.2) is 0 Å². The number of amides is 1. The summed E-state index contributed by atoms with van der Waals surface area (Å²) >= 11 is 1.45. The van der Waals surface area contributed by atoms with Crippen molar-refractivity contribution < 1.29 is 4.79 Å². The Morgan fingerprint density at radius 3 is 2.38 bits per heavy atom. The van der Waals surface area contributed by atoms with Gasteiger partial charge in [0.25, 0.3) is 0 Å². The number of anilines is 1. The highest BCUT2D eigenvalue weighted by Gasteiger charge is 2.25. The predicted octanol–water partition coefficient (Wildman–Crippen LogP) is 3.18. The molecule has 0 saturated carbocycles. The third kappa shape index (κ3) is 4.20. The maximum absolute atomic E-state index is 12.3. The number of carbonyl (C=O) groups excluding carboxylic acids is 1. The first-order chi connectivity index (χ1) is 12.5. The molecule has 1 N–H and O–H groups in total. The maximum atomic E-state index is 12.3. The van der Waals surface area contributed by atoms with Gasteiger partial charge in [-0.1, -0.05) is 29.5 Å². The van der Waals surface area contributed by atoms with Crippen LogP contribution in [-0.4, -0.2) is 45.1 Å². The molecule has 26 heavy (non-hydrogen) atoms. The van der Waals surface area contributed by atoms with Gasteiger partial charge in [0.1, 0.15) is 0 Å². The van der Waals surface area contributed by atoms with Crippen molar-refractivity contribution in [3.8, 4) is 5.69 Å². The zero-order chi connectivity index (χ0) is 18.7. The summed E-state index contributed by atoms with van der Waals surface area (Å²) in [5, 5.41) is 12.3. The van der Waals surface area contributed by atoms with E-state index in [4.69, 9.17) is 0 Å². The Bertz CT molecular complexity index is 750. The van der Waals surface area contributed by atoms with E-state index in [0.29, 0.717) is 0 Å². The Balaban J connectivity index is 1.92. The molecular formula is C19H27N5OS. The minimum Gasteiger partial charge on any atom is -0.353 e. The van der Waals surface area contributed by atoms with Gasteiger partial charge in [-0.15, -0.1) is 10.2 Å². The lowest BCUT2D eigenvalue weighted by Crippen LogP contribution is -2.36. The summed E-state index contributed by atoms with van der Waals surface area (Å²) in [6.45, 7) is 9.92. The zero-order valence-corrected chi connectivity index (χ0v) is 16.7. The van der Waals surface area contributed by atoms with Crippen LogP contribution in [-0.2, 0) is 4.79 Å². The van der Waals surface area contributed by atoms with E-state index in [9.17, 15) is 4.79 Å². The van der Waals surface area contributed by atoms with E-state index in [1.54, 1.807) is 0 Å². The molecule has 0 unspecified atom stereocenters. The standard InChI is InChI=1S/C19H27N5OS/c1-13(2)20-17(25)15(4)26-19-22-21-18(23-11-5-6-12-23)24(19)16-9-7-14(3)8-10-16/h7-10,13,15H,5-6,11-12H2,1-4H3,(H,20,25)/t15-/m1/s1. The van der Waals surface area contributed by atoms with Crippen LogP contribution in [0.1, 0.15) is 39.2 Å². The Hall–Kier alpha value is -2.02. The molecule has 2 heterocycles. The van der Waals surface area contributed by atoms with Gasteiger partial charge in [0.15, 0.2) is 5.16 Å². The van der Waals surface area contributed by atoms with Crippen LogP contribution in [0.15, 0.2) is 29.4 Å². The van der Waals surface area contributed by atoms with Gasteiger partial charge in [-0.05, 0) is 52.7 Å². The first-order valence-corrected chi connectivity index (χ1v) is 10.1. The third-order valence-electron chi connectivity index (χ3n) is 4.38. The molecule has 3 rings (SSSR count). The van der Waals surface area contributed by atoms with Gasteiger partial charge in [-0.2, -0.15) is 0 Å². The summed E-state index contributed by atoms with van der Waals surface area (Å²) in [5.74, 6) is 0.886. The molecule has 1 aliphatic heterocycles. The Morgan fingerprint density at radius 1 is 1.12 bits per heavy atom. The van der Waals surface area contributed by atoms with E-state index < -0.39 is 0 Å². The summed E-state index contributed by atoms with van der Waals surface area (Å²) in [6.07, 6.45) is 2.35. The van der Waals surface area contributed by atoms with Crippen LogP contribution in [0.5, 0.6) is 0 Å². The van der Waals surface area contributed by atoms with Gasteiger partial charge in [0.05, 0.1) is 10.9 Å². The maximum Gasteiger partial charge on any atom is 0.233 e. The molecule has 7 heteroatoms. The Labute approximate surface area is 159 Å². The molecule has 0 radical (unpaired) electrons. The van der Waals surface area contributed by atoms with Gasteiger partial charge >= 0.3 is 0 Å². The van der Waals surface area contributed by atoms with E-state index in [1.165, 1.54) is 30.2 Å². The van der Waals surface area contributed by atoms with E-state index in [-0.39, 0.29) is 17.2 Å². The molecule has 6 nitrogen and oxygen atoms in total. The fraction of sp³-hybridized carbons (Fsp3) is 0.526. The molecule has 140 valence electrons. The van der Waals surface area contributed by atoms with Crippen LogP contribution in [0, 0.1) is 6.92 Å². The summed E-state index contributed by atoms with van der Waals surface area (Å²) < 4.78 is 2.08. The molecule has 2 aromatic rings. The number of thioether (sulfide) groups is 1. The van der Waals surface area contributed by atoms with Crippen molar-refractivity contribution >= 4 is 23.6 Å². The lowest BCUT2D eigenvalue weighted by atomic mass is 10.2. The SMILES string of the molecule is Cc1ccc(-n2c(S[C@H](C)C(=O)NC(C)C)nnc2N2CCCC2)cc1. The highest BCUT2D eigenvalue weighted by Crippen LogP contribution is 2.30. The molecule has 1 atom stereocenters. The second-order valence-electron chi connectivity index (χ2n) is 7.07. The summed E-state index contributed by atoms with van der Waals surface area (Å²) in [5.41, 5.74) is 2.24. The second kappa shape index (κ2) is 8.12. The number of rotatable bonds is 6. The lowest BCUT2D eigenvalue weighted by Gasteiger charge is -2.19. The van der Waals surface area contributed by atoms with Crippen molar-refractivity contribution in [1.82, 2.24) is 20.1 Å². The molecule has 1 aromatic carbocycles. The molecule has 0 aliphatic carbocycles. The van der Waals surface area contributed by atoms with Crippen molar-refractivity contribution in [1.29, 1.82) is 0 Å². The van der Waals surface area contributed by atoms with Crippen molar-refractivity contribution in [2.24, 2.45) is 0 Å². The first-order valence-electron chi connectivity index (χ1n) is 9.20. The second-order valence-corrected chi connectivity index (χ2v) is 8.38. The number of benzene rings is 1. The summed E-state index contributed by atoms with van der Waals surface area (Å²) in [7, 11) is 0. The van der Waals surface area contributed by atoms with Crippen LogP contribution < -0.4 is 10.2 Å². The van der Waals surface area contributed by atoms with Crippen LogP contribution in [0.25, 0.3) is 5.69 Å². The highest BCUT2D eigenvalue weighted by molar-refractivity contribution is 8.00. The topological polar surface area (TPSA) is 63.1 Å². The largest absolute Gasteiger partial charge is 0.353 e. The molecule has 1 aliphatic rings. The van der Waals surface area contributed by atoms with Crippen molar-refractivity contribution in [2.45, 2.75) is 57.0 Å². The van der Waals surface area contributed by atoms with Crippen LogP contribution in [0.3, 0.4) is 0 Å². The fourth-order valence-electron chi connectivity index (χ4n) is 2.99. The quantitative estimate of drug-likeness (QED) is 0.788. The number of hydrogen-bond acceptors (Lipinski definition) is 5. The van der Waals surface area contributed by atoms with Crippen molar-refractivity contribution in [3.05, 3.63) is 29.8 Å². The van der Waals surface area contributed by atoms with Crippen LogP contribution in [0.4, 0.5) is 5.95 Å². The summed E-state index contributed by atoms with van der Waals surface area (Å²) in [6, 6.07) is 8.47.